The van der Waals surface area contributed by atoms with Crippen molar-refractivity contribution in [1.82, 2.24) is 14.6 Å². The van der Waals surface area contributed by atoms with E-state index in [9.17, 15) is 9.59 Å². The molecule has 0 aliphatic carbocycles. The van der Waals surface area contributed by atoms with Crippen LogP contribution in [-0.4, -0.2) is 46.7 Å². The molecule has 25 heavy (non-hydrogen) atoms. The molecule has 0 spiro atoms. The van der Waals surface area contributed by atoms with Crippen LogP contribution in [0.15, 0.2) is 36.5 Å². The first-order valence-electron chi connectivity index (χ1n) is 7.86. The van der Waals surface area contributed by atoms with Crippen LogP contribution in [0.2, 0.25) is 5.02 Å². The Morgan fingerprint density at radius 1 is 1.20 bits per heavy atom. The molecule has 1 N–H and O–H groups in total. The van der Waals surface area contributed by atoms with Crippen LogP contribution in [0.3, 0.4) is 0 Å². The molecule has 0 atom stereocenters. The normalized spacial score (nSPS) is 13.9. The zero-order valence-corrected chi connectivity index (χ0v) is 14.8. The fraction of sp³-hybridized carbons (Fsp3) is 0.294. The Balaban J connectivity index is 1.79. The number of anilines is 1. The van der Waals surface area contributed by atoms with Gasteiger partial charge >= 0.3 is 6.03 Å². The van der Waals surface area contributed by atoms with Crippen molar-refractivity contribution in [1.29, 1.82) is 0 Å². The second kappa shape index (κ2) is 7.06. The SMILES string of the molecule is COc1ccc(Cl)cc1NC(=O)N1CCCN1C(=O)c1cccn1C. The van der Waals surface area contributed by atoms with Gasteiger partial charge in [0.15, 0.2) is 0 Å². The molecule has 2 aromatic rings. The number of hydrogen-bond acceptors (Lipinski definition) is 3. The van der Waals surface area contributed by atoms with Gasteiger partial charge in [-0.2, -0.15) is 0 Å². The summed E-state index contributed by atoms with van der Waals surface area (Å²) in [6.07, 6.45) is 2.51. The molecule has 1 aliphatic rings. The number of aryl methyl sites for hydroxylation is 1. The first-order chi connectivity index (χ1) is 12.0. The van der Waals surface area contributed by atoms with Crippen molar-refractivity contribution in [2.75, 3.05) is 25.5 Å². The van der Waals surface area contributed by atoms with E-state index in [1.54, 1.807) is 48.1 Å². The number of carbonyl (C=O) groups is 2. The topological polar surface area (TPSA) is 66.8 Å². The van der Waals surface area contributed by atoms with Crippen molar-refractivity contribution in [2.24, 2.45) is 7.05 Å². The third kappa shape index (κ3) is 3.41. The minimum atomic E-state index is -0.402. The highest BCUT2D eigenvalue weighted by atomic mass is 35.5. The molecule has 132 valence electrons. The molecule has 1 aromatic heterocycles. The minimum absolute atomic E-state index is 0.210. The lowest BCUT2D eigenvalue weighted by Crippen LogP contribution is -2.47. The quantitative estimate of drug-likeness (QED) is 0.912. The Morgan fingerprint density at radius 3 is 2.64 bits per heavy atom. The highest BCUT2D eigenvalue weighted by Gasteiger charge is 2.32. The molecule has 0 saturated carbocycles. The lowest BCUT2D eigenvalue weighted by Gasteiger charge is -2.28. The van der Waals surface area contributed by atoms with Crippen LogP contribution in [0.4, 0.5) is 10.5 Å². The largest absolute Gasteiger partial charge is 0.495 e. The summed E-state index contributed by atoms with van der Waals surface area (Å²) < 4.78 is 6.97. The fourth-order valence-corrected chi connectivity index (χ4v) is 2.98. The Labute approximate surface area is 150 Å². The highest BCUT2D eigenvalue weighted by Crippen LogP contribution is 2.28. The van der Waals surface area contributed by atoms with Crippen molar-refractivity contribution in [3.63, 3.8) is 0 Å². The van der Waals surface area contributed by atoms with E-state index in [2.05, 4.69) is 5.32 Å². The summed E-state index contributed by atoms with van der Waals surface area (Å²) >= 11 is 5.99. The van der Waals surface area contributed by atoms with Gasteiger partial charge in [-0.15, -0.1) is 0 Å². The van der Waals surface area contributed by atoms with Crippen LogP contribution in [0.25, 0.3) is 0 Å². The second-order valence-corrected chi connectivity index (χ2v) is 6.12. The molecule has 7 nitrogen and oxygen atoms in total. The van der Waals surface area contributed by atoms with Crippen LogP contribution < -0.4 is 10.1 Å². The van der Waals surface area contributed by atoms with E-state index in [-0.39, 0.29) is 5.91 Å². The smallest absolute Gasteiger partial charge is 0.340 e. The van der Waals surface area contributed by atoms with E-state index < -0.39 is 6.03 Å². The van der Waals surface area contributed by atoms with Crippen LogP contribution in [0.1, 0.15) is 16.9 Å². The Bertz CT molecular complexity index is 805. The maximum absolute atomic E-state index is 12.7. The van der Waals surface area contributed by atoms with Crippen molar-refractivity contribution in [3.05, 3.63) is 47.2 Å². The number of carbonyl (C=O) groups excluding carboxylic acids is 2. The number of urea groups is 1. The van der Waals surface area contributed by atoms with Gasteiger partial charge in [0.25, 0.3) is 5.91 Å². The summed E-state index contributed by atoms with van der Waals surface area (Å²) in [7, 11) is 3.31. The molecular weight excluding hydrogens is 344 g/mol. The van der Waals surface area contributed by atoms with Crippen LogP contribution in [-0.2, 0) is 7.05 Å². The number of hydrogen-bond donors (Lipinski definition) is 1. The molecule has 3 rings (SSSR count). The Kier molecular flexibility index (Phi) is 4.85. The van der Waals surface area contributed by atoms with Crippen LogP contribution >= 0.6 is 11.6 Å². The van der Waals surface area contributed by atoms with E-state index in [1.807, 2.05) is 0 Å². The molecule has 0 unspecified atom stereocenters. The number of nitrogens with one attached hydrogen (secondary N) is 1. The van der Waals surface area contributed by atoms with Crippen LogP contribution in [0.5, 0.6) is 5.75 Å². The average molecular weight is 363 g/mol. The number of methoxy groups -OCH3 is 1. The van der Waals surface area contributed by atoms with Gasteiger partial charge in [-0.25, -0.2) is 14.8 Å². The molecule has 0 bridgehead atoms. The Morgan fingerprint density at radius 2 is 1.96 bits per heavy atom. The van der Waals surface area contributed by atoms with Gasteiger partial charge in [0.05, 0.1) is 12.8 Å². The van der Waals surface area contributed by atoms with Gasteiger partial charge < -0.3 is 14.6 Å². The van der Waals surface area contributed by atoms with Crippen molar-refractivity contribution < 1.29 is 14.3 Å². The number of hydrazine groups is 1. The summed E-state index contributed by atoms with van der Waals surface area (Å²) in [5, 5.41) is 6.12. The predicted octanol–water partition coefficient (Wildman–Crippen LogP) is 2.98. The summed E-state index contributed by atoms with van der Waals surface area (Å²) in [5.41, 5.74) is 0.984. The number of rotatable bonds is 3. The summed E-state index contributed by atoms with van der Waals surface area (Å²) in [6, 6.07) is 8.09. The number of amides is 3. The summed E-state index contributed by atoms with van der Waals surface area (Å²) in [5.74, 6) is 0.287. The monoisotopic (exact) mass is 362 g/mol. The second-order valence-electron chi connectivity index (χ2n) is 5.68. The number of halogens is 1. The number of benzene rings is 1. The molecule has 1 aliphatic heterocycles. The van der Waals surface area contributed by atoms with E-state index in [1.165, 1.54) is 17.1 Å². The summed E-state index contributed by atoms with van der Waals surface area (Å²) in [4.78, 5) is 25.4. The molecule has 1 aromatic carbocycles. The Hall–Kier alpha value is -2.67. The summed E-state index contributed by atoms with van der Waals surface area (Å²) in [6.45, 7) is 0.953. The lowest BCUT2D eigenvalue weighted by atomic mass is 10.3. The third-order valence-electron chi connectivity index (χ3n) is 4.07. The van der Waals surface area contributed by atoms with Crippen LogP contribution in [0, 0.1) is 0 Å². The van der Waals surface area contributed by atoms with Gasteiger partial charge in [0, 0.05) is 31.4 Å². The minimum Gasteiger partial charge on any atom is -0.495 e. The third-order valence-corrected chi connectivity index (χ3v) is 4.30. The molecule has 0 radical (unpaired) electrons. The van der Waals surface area contributed by atoms with E-state index >= 15 is 0 Å². The predicted molar refractivity (Wildman–Crippen MR) is 94.8 cm³/mol. The van der Waals surface area contributed by atoms with Gasteiger partial charge in [-0.05, 0) is 36.8 Å². The fourth-order valence-electron chi connectivity index (χ4n) is 2.81. The standard InChI is InChI=1S/C17H19ClN4O3/c1-20-8-3-5-14(20)16(23)21-9-4-10-22(21)17(24)19-13-11-12(18)6-7-15(13)25-2/h3,5-8,11H,4,9-10H2,1-2H3,(H,19,24). The first kappa shape index (κ1) is 17.2. The zero-order valence-electron chi connectivity index (χ0n) is 14.0. The molecular formula is C17H19ClN4O3. The maximum atomic E-state index is 12.7. The molecule has 3 amide bonds. The van der Waals surface area contributed by atoms with E-state index in [0.717, 1.165) is 6.42 Å². The van der Waals surface area contributed by atoms with Crippen molar-refractivity contribution >= 4 is 29.2 Å². The lowest BCUT2D eigenvalue weighted by molar-refractivity contribution is 0.0395. The van der Waals surface area contributed by atoms with E-state index in [0.29, 0.717) is 35.2 Å². The number of nitrogens with zero attached hydrogens (tertiary/aromatic N) is 3. The van der Waals surface area contributed by atoms with Gasteiger partial charge in [-0.1, -0.05) is 11.6 Å². The average Bonchev–Trinajstić information content (AvgIpc) is 3.23. The van der Waals surface area contributed by atoms with Gasteiger partial charge in [-0.3, -0.25) is 4.79 Å². The molecule has 2 heterocycles. The number of aromatic nitrogens is 1. The highest BCUT2D eigenvalue weighted by molar-refractivity contribution is 6.31. The van der Waals surface area contributed by atoms with E-state index in [4.69, 9.17) is 16.3 Å². The first-order valence-corrected chi connectivity index (χ1v) is 8.24. The molecule has 8 heteroatoms. The number of ether oxygens (including phenoxy) is 1. The zero-order chi connectivity index (χ0) is 18.0. The van der Waals surface area contributed by atoms with Gasteiger partial charge in [0.2, 0.25) is 0 Å². The molecule has 1 saturated heterocycles. The maximum Gasteiger partial charge on any atom is 0.340 e. The van der Waals surface area contributed by atoms with Crippen molar-refractivity contribution in [2.45, 2.75) is 6.42 Å². The van der Waals surface area contributed by atoms with Crippen molar-refractivity contribution in [3.8, 4) is 5.75 Å². The molecule has 1 fully saturated rings. The van der Waals surface area contributed by atoms with Gasteiger partial charge in [0.1, 0.15) is 11.4 Å².